The minimum atomic E-state index is 0.262. The van der Waals surface area contributed by atoms with Crippen molar-refractivity contribution in [2.75, 3.05) is 12.3 Å². The first-order valence-electron chi connectivity index (χ1n) is 5.82. The van der Waals surface area contributed by atoms with Gasteiger partial charge in [-0.1, -0.05) is 26.7 Å². The lowest BCUT2D eigenvalue weighted by Crippen LogP contribution is -2.39. The Morgan fingerprint density at radius 1 is 1.21 bits per heavy atom. The summed E-state index contributed by atoms with van der Waals surface area (Å²) in [6.45, 7) is 12.4. The van der Waals surface area contributed by atoms with Gasteiger partial charge in [0, 0.05) is 17.3 Å². The van der Waals surface area contributed by atoms with E-state index < -0.39 is 0 Å². The van der Waals surface area contributed by atoms with Gasteiger partial charge < -0.3 is 5.32 Å². The van der Waals surface area contributed by atoms with Crippen molar-refractivity contribution in [1.82, 2.24) is 5.32 Å². The molecule has 0 amide bonds. The van der Waals surface area contributed by atoms with Crippen LogP contribution in [0.1, 0.15) is 53.9 Å². The summed E-state index contributed by atoms with van der Waals surface area (Å²) in [5.41, 5.74) is 0.262. The fourth-order valence-electron chi connectivity index (χ4n) is 1.15. The number of rotatable bonds is 7. The lowest BCUT2D eigenvalue weighted by atomic mass is 10.1. The molecule has 0 saturated carbocycles. The van der Waals surface area contributed by atoms with E-state index in [1.165, 1.54) is 25.0 Å². The summed E-state index contributed by atoms with van der Waals surface area (Å²) in [6.07, 6.45) is 4.09. The zero-order chi connectivity index (χ0) is 11.0. The van der Waals surface area contributed by atoms with E-state index in [1.54, 1.807) is 0 Å². The molecule has 0 aromatic heterocycles. The van der Waals surface area contributed by atoms with E-state index in [0.717, 1.165) is 11.8 Å². The van der Waals surface area contributed by atoms with Crippen LogP contribution < -0.4 is 5.32 Å². The van der Waals surface area contributed by atoms with Gasteiger partial charge in [-0.15, -0.1) is 0 Å². The van der Waals surface area contributed by atoms with Crippen LogP contribution in [0.15, 0.2) is 0 Å². The third-order valence-corrected chi connectivity index (χ3v) is 3.33. The maximum absolute atomic E-state index is 3.54. The number of unbranched alkanes of at least 4 members (excludes halogenated alkanes) is 2. The molecule has 0 saturated heterocycles. The van der Waals surface area contributed by atoms with E-state index in [4.69, 9.17) is 0 Å². The second-order valence-electron chi connectivity index (χ2n) is 5.02. The quantitative estimate of drug-likeness (QED) is 0.653. The van der Waals surface area contributed by atoms with Crippen molar-refractivity contribution < 1.29 is 0 Å². The van der Waals surface area contributed by atoms with Gasteiger partial charge in [0.15, 0.2) is 0 Å². The first-order valence-corrected chi connectivity index (χ1v) is 6.87. The molecule has 1 atom stereocenters. The molecule has 0 fully saturated rings. The smallest absolute Gasteiger partial charge is 0.0144 e. The summed E-state index contributed by atoms with van der Waals surface area (Å²) in [4.78, 5) is 0. The molecule has 0 aliphatic heterocycles. The third-order valence-electron chi connectivity index (χ3n) is 2.07. The van der Waals surface area contributed by atoms with Gasteiger partial charge in [0.1, 0.15) is 0 Å². The predicted molar refractivity (Wildman–Crippen MR) is 69.2 cm³/mol. The highest BCUT2D eigenvalue weighted by molar-refractivity contribution is 7.99. The van der Waals surface area contributed by atoms with Gasteiger partial charge in [0.05, 0.1) is 0 Å². The molecule has 2 heteroatoms. The van der Waals surface area contributed by atoms with Gasteiger partial charge in [0.25, 0.3) is 0 Å². The minimum absolute atomic E-state index is 0.262. The maximum atomic E-state index is 3.54. The Morgan fingerprint density at radius 2 is 1.86 bits per heavy atom. The van der Waals surface area contributed by atoms with Crippen LogP contribution in [0.25, 0.3) is 0 Å². The largest absolute Gasteiger partial charge is 0.311 e. The molecule has 1 unspecified atom stereocenters. The molecule has 14 heavy (non-hydrogen) atoms. The normalized spacial score (nSPS) is 14.4. The summed E-state index contributed by atoms with van der Waals surface area (Å²) in [5, 5.41) is 4.28. The Balaban J connectivity index is 3.32. The summed E-state index contributed by atoms with van der Waals surface area (Å²) >= 11 is 2.09. The van der Waals surface area contributed by atoms with Crippen molar-refractivity contribution >= 4 is 11.8 Å². The summed E-state index contributed by atoms with van der Waals surface area (Å²) < 4.78 is 0. The average molecular weight is 217 g/mol. The van der Waals surface area contributed by atoms with E-state index in [1.807, 2.05) is 0 Å². The van der Waals surface area contributed by atoms with Crippen LogP contribution in [0.4, 0.5) is 0 Å². The van der Waals surface area contributed by atoms with E-state index in [-0.39, 0.29) is 5.54 Å². The van der Waals surface area contributed by atoms with Gasteiger partial charge in [-0.3, -0.25) is 0 Å². The van der Waals surface area contributed by atoms with Crippen molar-refractivity contribution in [3.05, 3.63) is 0 Å². The second-order valence-corrected chi connectivity index (χ2v) is 6.57. The number of hydrogen-bond acceptors (Lipinski definition) is 2. The first kappa shape index (κ1) is 14.3. The Bertz CT molecular complexity index is 129. The zero-order valence-electron chi connectivity index (χ0n) is 10.5. The Hall–Kier alpha value is 0.310. The standard InChI is InChI=1S/C12H27NS/c1-6-7-8-9-14-11(2)10-13-12(3,4)5/h11,13H,6-10H2,1-5H3. The minimum Gasteiger partial charge on any atom is -0.311 e. The molecule has 0 radical (unpaired) electrons. The molecule has 0 aliphatic rings. The number of nitrogens with one attached hydrogen (secondary N) is 1. The monoisotopic (exact) mass is 217 g/mol. The molecule has 1 N–H and O–H groups in total. The van der Waals surface area contributed by atoms with E-state index in [2.05, 4.69) is 51.7 Å². The topological polar surface area (TPSA) is 12.0 Å². The molecule has 0 heterocycles. The Morgan fingerprint density at radius 3 is 2.36 bits per heavy atom. The highest BCUT2D eigenvalue weighted by atomic mass is 32.2. The molecule has 0 aromatic rings. The van der Waals surface area contributed by atoms with Crippen LogP contribution in [0.3, 0.4) is 0 Å². The van der Waals surface area contributed by atoms with Crippen LogP contribution in [0.2, 0.25) is 0 Å². The van der Waals surface area contributed by atoms with Crippen molar-refractivity contribution in [2.45, 2.75) is 64.7 Å². The van der Waals surface area contributed by atoms with E-state index in [0.29, 0.717) is 0 Å². The molecule has 0 aliphatic carbocycles. The van der Waals surface area contributed by atoms with Crippen LogP contribution in [0.5, 0.6) is 0 Å². The number of hydrogen-bond donors (Lipinski definition) is 1. The molecular formula is C12H27NS. The van der Waals surface area contributed by atoms with Gasteiger partial charge in [0.2, 0.25) is 0 Å². The molecular weight excluding hydrogens is 190 g/mol. The van der Waals surface area contributed by atoms with Gasteiger partial charge >= 0.3 is 0 Å². The van der Waals surface area contributed by atoms with Crippen LogP contribution >= 0.6 is 11.8 Å². The fraction of sp³-hybridized carbons (Fsp3) is 1.00. The molecule has 0 aromatic carbocycles. The van der Waals surface area contributed by atoms with Gasteiger partial charge in [-0.2, -0.15) is 11.8 Å². The SMILES string of the molecule is CCCCCSC(C)CNC(C)(C)C. The van der Waals surface area contributed by atoms with Crippen molar-refractivity contribution in [3.8, 4) is 0 Å². The van der Waals surface area contributed by atoms with E-state index in [9.17, 15) is 0 Å². The lowest BCUT2D eigenvalue weighted by molar-refractivity contribution is 0.429. The molecule has 0 bridgehead atoms. The highest BCUT2D eigenvalue weighted by Crippen LogP contribution is 2.13. The lowest BCUT2D eigenvalue weighted by Gasteiger charge is -2.23. The summed E-state index contributed by atoms with van der Waals surface area (Å²) in [7, 11) is 0. The van der Waals surface area contributed by atoms with Crippen LogP contribution in [-0.2, 0) is 0 Å². The predicted octanol–water partition coefficient (Wildman–Crippen LogP) is 3.69. The van der Waals surface area contributed by atoms with Gasteiger partial charge in [-0.05, 0) is 32.9 Å². The first-order chi connectivity index (χ1) is 6.45. The molecule has 0 spiro atoms. The molecule has 86 valence electrons. The third kappa shape index (κ3) is 10.4. The second kappa shape index (κ2) is 7.58. The maximum Gasteiger partial charge on any atom is 0.0144 e. The summed E-state index contributed by atoms with van der Waals surface area (Å²) in [6, 6.07) is 0. The van der Waals surface area contributed by atoms with Crippen molar-refractivity contribution in [3.63, 3.8) is 0 Å². The molecule has 1 nitrogen and oxygen atoms in total. The average Bonchev–Trinajstić information content (AvgIpc) is 2.08. The number of thioether (sulfide) groups is 1. The molecule has 0 rings (SSSR count). The van der Waals surface area contributed by atoms with Crippen molar-refractivity contribution in [1.29, 1.82) is 0 Å². The van der Waals surface area contributed by atoms with Crippen LogP contribution in [0, 0.1) is 0 Å². The van der Waals surface area contributed by atoms with Gasteiger partial charge in [-0.25, -0.2) is 0 Å². The van der Waals surface area contributed by atoms with Crippen molar-refractivity contribution in [2.24, 2.45) is 0 Å². The Kier molecular flexibility index (Phi) is 7.75. The summed E-state index contributed by atoms with van der Waals surface area (Å²) in [5.74, 6) is 1.32. The van der Waals surface area contributed by atoms with Crippen LogP contribution in [-0.4, -0.2) is 23.1 Å². The highest BCUT2D eigenvalue weighted by Gasteiger charge is 2.10. The zero-order valence-corrected chi connectivity index (χ0v) is 11.3. The van der Waals surface area contributed by atoms with E-state index >= 15 is 0 Å². The fourth-order valence-corrected chi connectivity index (χ4v) is 2.12. The Labute approximate surface area is 94.4 Å².